The van der Waals surface area contributed by atoms with Crippen molar-refractivity contribution < 1.29 is 9.72 Å². The number of carbonyl (C=O) groups excluding carboxylic acids is 1. The maximum Gasteiger partial charge on any atom is 0.295 e. The molecule has 1 aromatic carbocycles. The van der Waals surface area contributed by atoms with Crippen molar-refractivity contribution in [3.63, 3.8) is 0 Å². The van der Waals surface area contributed by atoms with Crippen molar-refractivity contribution in [2.45, 2.75) is 0 Å². The second kappa shape index (κ2) is 4.09. The molecule has 0 heterocycles. The van der Waals surface area contributed by atoms with Gasteiger partial charge in [0, 0.05) is 5.02 Å². The lowest BCUT2D eigenvalue weighted by molar-refractivity contribution is -0.386. The van der Waals surface area contributed by atoms with Crippen LogP contribution in [-0.2, 0) is 0 Å². The fraction of sp³-hybridized carbons (Fsp3) is 0. The molecule has 0 aromatic heterocycles. The number of halogens is 2. The van der Waals surface area contributed by atoms with Crippen LogP contribution < -0.4 is 5.73 Å². The summed E-state index contributed by atoms with van der Waals surface area (Å²) >= 11 is 7.36. The van der Waals surface area contributed by atoms with E-state index in [2.05, 4.69) is 0 Å². The van der Waals surface area contributed by atoms with Gasteiger partial charge in [-0.3, -0.25) is 14.9 Å². The minimum absolute atomic E-state index is 0.174. The summed E-state index contributed by atoms with van der Waals surface area (Å²) in [6, 6.07) is 2.58. The van der Waals surface area contributed by atoms with Crippen LogP contribution in [0.4, 0.5) is 5.69 Å². The Kier molecular flexibility index (Phi) is 3.27. The molecule has 0 aliphatic rings. The Labute approximate surface area is 97.5 Å². The summed E-state index contributed by atoms with van der Waals surface area (Å²) in [5.41, 5.74) is 4.51. The molecule has 14 heavy (non-hydrogen) atoms. The molecule has 1 amide bonds. The second-order valence-electron chi connectivity index (χ2n) is 2.41. The lowest BCUT2D eigenvalue weighted by atomic mass is 10.2. The number of nitrogens with two attached hydrogens (primary N) is 1. The van der Waals surface area contributed by atoms with Gasteiger partial charge in [-0.1, -0.05) is 11.6 Å². The Bertz CT molecular complexity index is 422. The molecular formula is C7H4ClIN2O3. The third-order valence-corrected chi connectivity index (χ3v) is 2.52. The molecular weight excluding hydrogens is 322 g/mol. The predicted molar refractivity (Wildman–Crippen MR) is 59.3 cm³/mol. The molecule has 5 nitrogen and oxygen atoms in total. The number of nitrogens with zero attached hydrogens (tertiary/aromatic N) is 1. The smallest absolute Gasteiger partial charge is 0.295 e. The number of hydrogen-bond acceptors (Lipinski definition) is 3. The monoisotopic (exact) mass is 326 g/mol. The van der Waals surface area contributed by atoms with E-state index in [0.717, 1.165) is 0 Å². The van der Waals surface area contributed by atoms with Crippen LogP contribution in [0.2, 0.25) is 5.02 Å². The fourth-order valence-electron chi connectivity index (χ4n) is 0.939. The van der Waals surface area contributed by atoms with Gasteiger partial charge in [-0.2, -0.15) is 0 Å². The highest BCUT2D eigenvalue weighted by Crippen LogP contribution is 2.28. The highest BCUT2D eigenvalue weighted by molar-refractivity contribution is 14.1. The zero-order valence-electron chi connectivity index (χ0n) is 6.66. The van der Waals surface area contributed by atoms with E-state index in [1.54, 1.807) is 22.6 Å². The summed E-state index contributed by atoms with van der Waals surface area (Å²) in [5, 5.41) is 10.9. The van der Waals surface area contributed by atoms with Gasteiger partial charge in [0.25, 0.3) is 11.6 Å². The van der Waals surface area contributed by atoms with Crippen molar-refractivity contribution in [2.75, 3.05) is 0 Å². The number of hydrogen-bond donors (Lipinski definition) is 1. The Morgan fingerprint density at radius 1 is 1.57 bits per heavy atom. The average molecular weight is 326 g/mol. The van der Waals surface area contributed by atoms with E-state index >= 15 is 0 Å². The van der Waals surface area contributed by atoms with Crippen molar-refractivity contribution in [2.24, 2.45) is 5.73 Å². The number of nitro benzene ring substituents is 1. The zero-order valence-corrected chi connectivity index (χ0v) is 9.57. The first kappa shape index (κ1) is 11.2. The summed E-state index contributed by atoms with van der Waals surface area (Å²) in [6.07, 6.45) is 0. The van der Waals surface area contributed by atoms with Gasteiger partial charge in [0.15, 0.2) is 0 Å². The quantitative estimate of drug-likeness (QED) is 0.512. The lowest BCUT2D eigenvalue weighted by Crippen LogP contribution is -2.14. The molecule has 0 saturated carbocycles. The van der Waals surface area contributed by atoms with Crippen LogP contribution in [0.15, 0.2) is 12.1 Å². The van der Waals surface area contributed by atoms with Gasteiger partial charge in [0.2, 0.25) is 0 Å². The summed E-state index contributed by atoms with van der Waals surface area (Å²) < 4.78 is 0.286. The third kappa shape index (κ3) is 2.13. The van der Waals surface area contributed by atoms with Crippen molar-refractivity contribution >= 4 is 45.8 Å². The van der Waals surface area contributed by atoms with E-state index in [9.17, 15) is 14.9 Å². The van der Waals surface area contributed by atoms with Gasteiger partial charge < -0.3 is 5.73 Å². The number of benzene rings is 1. The highest BCUT2D eigenvalue weighted by atomic mass is 127. The van der Waals surface area contributed by atoms with Crippen molar-refractivity contribution in [3.8, 4) is 0 Å². The summed E-state index contributed by atoms with van der Waals surface area (Å²) in [6.45, 7) is 0. The van der Waals surface area contributed by atoms with Gasteiger partial charge in [0.1, 0.15) is 5.56 Å². The molecule has 0 bridgehead atoms. The van der Waals surface area contributed by atoms with Crippen molar-refractivity contribution in [3.05, 3.63) is 36.4 Å². The Morgan fingerprint density at radius 2 is 2.14 bits per heavy atom. The highest BCUT2D eigenvalue weighted by Gasteiger charge is 2.22. The Morgan fingerprint density at radius 3 is 2.57 bits per heavy atom. The first-order chi connectivity index (χ1) is 6.43. The molecule has 0 saturated heterocycles. The van der Waals surface area contributed by atoms with Gasteiger partial charge >= 0.3 is 0 Å². The molecule has 74 valence electrons. The third-order valence-electron chi connectivity index (χ3n) is 1.48. The van der Waals surface area contributed by atoms with Crippen LogP contribution in [0.3, 0.4) is 0 Å². The largest absolute Gasteiger partial charge is 0.365 e. The lowest BCUT2D eigenvalue weighted by Gasteiger charge is -2.01. The number of rotatable bonds is 2. The summed E-state index contributed by atoms with van der Waals surface area (Å²) in [5.74, 6) is -0.864. The van der Waals surface area contributed by atoms with Crippen LogP contribution in [0.5, 0.6) is 0 Å². The Hall–Kier alpha value is -0.890. The van der Waals surface area contributed by atoms with Gasteiger partial charge in [-0.25, -0.2) is 0 Å². The number of amides is 1. The zero-order chi connectivity index (χ0) is 10.9. The molecule has 2 N–H and O–H groups in total. The van der Waals surface area contributed by atoms with Crippen LogP contribution in [0.1, 0.15) is 10.4 Å². The molecule has 1 aromatic rings. The summed E-state index contributed by atoms with van der Waals surface area (Å²) in [7, 11) is 0. The van der Waals surface area contributed by atoms with Crippen LogP contribution >= 0.6 is 34.2 Å². The van der Waals surface area contributed by atoms with Crippen molar-refractivity contribution in [1.29, 1.82) is 0 Å². The normalized spacial score (nSPS) is 9.86. The van der Waals surface area contributed by atoms with E-state index in [4.69, 9.17) is 17.3 Å². The minimum atomic E-state index is -0.864. The van der Waals surface area contributed by atoms with Gasteiger partial charge in [-0.15, -0.1) is 0 Å². The van der Waals surface area contributed by atoms with E-state index in [-0.39, 0.29) is 19.8 Å². The first-order valence-electron chi connectivity index (χ1n) is 3.36. The molecule has 0 aliphatic heterocycles. The molecule has 1 rings (SSSR count). The average Bonchev–Trinajstić information content (AvgIpc) is 2.01. The molecule has 0 atom stereocenters. The van der Waals surface area contributed by atoms with E-state index in [1.165, 1.54) is 12.1 Å². The second-order valence-corrected chi connectivity index (χ2v) is 4.00. The number of carbonyl (C=O) groups is 1. The predicted octanol–water partition coefficient (Wildman–Crippen LogP) is 1.95. The van der Waals surface area contributed by atoms with Crippen LogP contribution in [0.25, 0.3) is 0 Å². The van der Waals surface area contributed by atoms with Crippen LogP contribution in [0, 0.1) is 13.7 Å². The topological polar surface area (TPSA) is 86.2 Å². The van der Waals surface area contributed by atoms with Gasteiger partial charge in [0.05, 0.1) is 8.49 Å². The summed E-state index contributed by atoms with van der Waals surface area (Å²) in [4.78, 5) is 20.8. The standard InChI is InChI=1S/C7H4ClIN2O3/c8-3-1-4(7(10)12)6(11(13)14)5(9)2-3/h1-2H,(H2,10,12). The van der Waals surface area contributed by atoms with Crippen LogP contribution in [-0.4, -0.2) is 10.8 Å². The molecule has 0 radical (unpaired) electrons. The van der Waals surface area contributed by atoms with Crippen molar-refractivity contribution in [1.82, 2.24) is 0 Å². The molecule has 7 heteroatoms. The van der Waals surface area contributed by atoms with Gasteiger partial charge in [-0.05, 0) is 34.7 Å². The molecule has 0 fully saturated rings. The maximum atomic E-state index is 10.9. The SMILES string of the molecule is NC(=O)c1cc(Cl)cc(I)c1[N+](=O)[O-]. The minimum Gasteiger partial charge on any atom is -0.365 e. The Balaban J connectivity index is 3.52. The molecule has 0 spiro atoms. The fourth-order valence-corrected chi connectivity index (χ4v) is 2.16. The van der Waals surface area contributed by atoms with E-state index < -0.39 is 10.8 Å². The van der Waals surface area contributed by atoms with E-state index in [0.29, 0.717) is 0 Å². The molecule has 0 aliphatic carbocycles. The number of nitro groups is 1. The maximum absolute atomic E-state index is 10.9. The number of primary amides is 1. The van der Waals surface area contributed by atoms with E-state index in [1.807, 2.05) is 0 Å². The molecule has 0 unspecified atom stereocenters. The first-order valence-corrected chi connectivity index (χ1v) is 4.82.